The molecule has 0 atom stereocenters. The maximum Gasteiger partial charge on any atom is 0.346 e. The zero-order chi connectivity index (χ0) is 19.4. The van der Waals surface area contributed by atoms with Gasteiger partial charge in [-0.1, -0.05) is 23.8 Å². The number of nitrogens with zero attached hydrogens (tertiary/aromatic N) is 3. The fourth-order valence-electron chi connectivity index (χ4n) is 2.97. The normalized spacial score (nSPS) is 10.6. The summed E-state index contributed by atoms with van der Waals surface area (Å²) >= 11 is 0. The van der Waals surface area contributed by atoms with Crippen molar-refractivity contribution in [3.63, 3.8) is 0 Å². The third-order valence-corrected chi connectivity index (χ3v) is 4.46. The van der Waals surface area contributed by atoms with Crippen LogP contribution in [0.25, 0.3) is 11.3 Å². The van der Waals surface area contributed by atoms with Crippen molar-refractivity contribution < 1.29 is 4.79 Å². The lowest BCUT2D eigenvalue weighted by Crippen LogP contribution is -2.31. The topological polar surface area (TPSA) is 79.0 Å². The number of benzene rings is 1. The van der Waals surface area contributed by atoms with Crippen LogP contribution in [0, 0.1) is 13.8 Å². The molecule has 1 amide bonds. The van der Waals surface area contributed by atoms with Crippen LogP contribution in [0.1, 0.15) is 27.2 Å². The maximum atomic E-state index is 12.8. The SMILES string of the molecule is Cc1ccc(-c2cc(C(=O)N(C)CCc3ccncc3)[nH]c(=O)n2)c(C)c1. The van der Waals surface area contributed by atoms with Crippen molar-refractivity contribution in [3.8, 4) is 11.3 Å². The largest absolute Gasteiger partial charge is 0.346 e. The number of hydrogen-bond acceptors (Lipinski definition) is 4. The molecule has 6 heteroatoms. The summed E-state index contributed by atoms with van der Waals surface area (Å²) in [7, 11) is 1.72. The van der Waals surface area contributed by atoms with Crippen LogP contribution in [0.2, 0.25) is 0 Å². The third kappa shape index (κ3) is 4.47. The van der Waals surface area contributed by atoms with E-state index in [-0.39, 0.29) is 11.6 Å². The lowest BCUT2D eigenvalue weighted by molar-refractivity contribution is 0.0790. The van der Waals surface area contributed by atoms with E-state index < -0.39 is 5.69 Å². The molecule has 0 aliphatic rings. The number of H-pyrrole nitrogens is 1. The van der Waals surface area contributed by atoms with Crippen LogP contribution in [0.15, 0.2) is 53.6 Å². The van der Waals surface area contributed by atoms with E-state index in [9.17, 15) is 9.59 Å². The number of likely N-dealkylation sites (N-methyl/N-ethyl adjacent to an activating group) is 1. The number of carbonyl (C=O) groups is 1. The highest BCUT2D eigenvalue weighted by Gasteiger charge is 2.15. The number of amides is 1. The Hall–Kier alpha value is -3.28. The third-order valence-electron chi connectivity index (χ3n) is 4.46. The van der Waals surface area contributed by atoms with Gasteiger partial charge in [-0.05, 0) is 49.6 Å². The molecule has 27 heavy (non-hydrogen) atoms. The highest BCUT2D eigenvalue weighted by atomic mass is 16.2. The number of aromatic nitrogens is 3. The van der Waals surface area contributed by atoms with Gasteiger partial charge in [-0.15, -0.1) is 0 Å². The van der Waals surface area contributed by atoms with E-state index in [1.54, 1.807) is 30.4 Å². The minimum atomic E-state index is -0.529. The molecule has 3 rings (SSSR count). The molecule has 0 fully saturated rings. The van der Waals surface area contributed by atoms with E-state index in [4.69, 9.17) is 0 Å². The number of nitrogens with one attached hydrogen (secondary N) is 1. The Bertz CT molecular complexity index is 1010. The zero-order valence-electron chi connectivity index (χ0n) is 15.7. The van der Waals surface area contributed by atoms with Crippen molar-refractivity contribution >= 4 is 5.91 Å². The van der Waals surface area contributed by atoms with Crippen LogP contribution in [0.4, 0.5) is 0 Å². The Kier molecular flexibility index (Phi) is 5.45. The molecule has 0 bridgehead atoms. The molecule has 0 radical (unpaired) electrons. The molecule has 0 saturated carbocycles. The first kappa shape index (κ1) is 18.5. The molecule has 138 valence electrons. The average Bonchev–Trinajstić information content (AvgIpc) is 2.65. The molecule has 6 nitrogen and oxygen atoms in total. The van der Waals surface area contributed by atoms with Gasteiger partial charge in [0.1, 0.15) is 5.69 Å². The van der Waals surface area contributed by atoms with Crippen LogP contribution in [-0.4, -0.2) is 39.4 Å². The van der Waals surface area contributed by atoms with Gasteiger partial charge in [0, 0.05) is 31.5 Å². The van der Waals surface area contributed by atoms with Gasteiger partial charge < -0.3 is 9.88 Å². The molecule has 0 aliphatic heterocycles. The average molecular weight is 362 g/mol. The highest BCUT2D eigenvalue weighted by Crippen LogP contribution is 2.22. The fourth-order valence-corrected chi connectivity index (χ4v) is 2.97. The minimum Gasteiger partial charge on any atom is -0.340 e. The minimum absolute atomic E-state index is 0.238. The maximum absolute atomic E-state index is 12.8. The monoisotopic (exact) mass is 362 g/mol. The molecule has 1 aromatic carbocycles. The number of aryl methyl sites for hydroxylation is 2. The summed E-state index contributed by atoms with van der Waals surface area (Å²) < 4.78 is 0. The standard InChI is InChI=1S/C21H22N4O2/c1-14-4-5-17(15(2)12-14)18-13-19(24-21(27)23-18)20(26)25(3)11-8-16-6-9-22-10-7-16/h4-7,9-10,12-13H,8,11H2,1-3H3,(H,23,24,27). The second-order valence-corrected chi connectivity index (χ2v) is 6.64. The number of carbonyl (C=O) groups excluding carboxylic acids is 1. The highest BCUT2D eigenvalue weighted by molar-refractivity contribution is 5.93. The summed E-state index contributed by atoms with van der Waals surface area (Å²) in [4.78, 5) is 37.0. The van der Waals surface area contributed by atoms with Gasteiger partial charge in [-0.3, -0.25) is 9.78 Å². The zero-order valence-corrected chi connectivity index (χ0v) is 15.7. The number of pyridine rings is 1. The summed E-state index contributed by atoms with van der Waals surface area (Å²) in [6, 6.07) is 11.4. The second-order valence-electron chi connectivity index (χ2n) is 6.64. The van der Waals surface area contributed by atoms with E-state index in [0.29, 0.717) is 18.7 Å². The van der Waals surface area contributed by atoms with Gasteiger partial charge in [0.05, 0.1) is 5.69 Å². The molecule has 0 aliphatic carbocycles. The Morgan fingerprint density at radius 1 is 1.11 bits per heavy atom. The van der Waals surface area contributed by atoms with Crippen LogP contribution < -0.4 is 5.69 Å². The Balaban J connectivity index is 1.82. The van der Waals surface area contributed by atoms with Gasteiger partial charge in [-0.25, -0.2) is 4.79 Å². The van der Waals surface area contributed by atoms with E-state index in [0.717, 1.165) is 22.3 Å². The van der Waals surface area contributed by atoms with Crippen molar-refractivity contribution in [1.29, 1.82) is 0 Å². The molecule has 2 heterocycles. The first-order valence-electron chi connectivity index (χ1n) is 8.77. The summed E-state index contributed by atoms with van der Waals surface area (Å²) in [6.07, 6.45) is 4.17. The number of hydrogen-bond donors (Lipinski definition) is 1. The molecule has 3 aromatic rings. The molecule has 0 unspecified atom stereocenters. The van der Waals surface area contributed by atoms with E-state index >= 15 is 0 Å². The van der Waals surface area contributed by atoms with E-state index in [1.807, 2.05) is 44.2 Å². The first-order chi connectivity index (χ1) is 12.9. The summed E-state index contributed by atoms with van der Waals surface area (Å²) in [5, 5.41) is 0. The molecule has 0 saturated heterocycles. The Labute approximate surface area is 157 Å². The molecule has 0 spiro atoms. The fraction of sp³-hybridized carbons (Fsp3) is 0.238. The summed E-state index contributed by atoms with van der Waals surface area (Å²) in [5.74, 6) is -0.241. The van der Waals surface area contributed by atoms with Crippen molar-refractivity contribution in [2.45, 2.75) is 20.3 Å². The van der Waals surface area contributed by atoms with Crippen LogP contribution in [0.3, 0.4) is 0 Å². The predicted octanol–water partition coefficient (Wildman–Crippen LogP) is 2.76. The molecular formula is C21H22N4O2. The molecular weight excluding hydrogens is 340 g/mol. The van der Waals surface area contributed by atoms with Crippen molar-refractivity contribution in [2.75, 3.05) is 13.6 Å². The van der Waals surface area contributed by atoms with Gasteiger partial charge in [0.25, 0.3) is 5.91 Å². The lowest BCUT2D eigenvalue weighted by atomic mass is 10.0. The lowest BCUT2D eigenvalue weighted by Gasteiger charge is -2.17. The first-order valence-corrected chi connectivity index (χ1v) is 8.77. The Morgan fingerprint density at radius 2 is 1.85 bits per heavy atom. The van der Waals surface area contributed by atoms with Gasteiger partial charge >= 0.3 is 5.69 Å². The van der Waals surface area contributed by atoms with Crippen LogP contribution in [-0.2, 0) is 6.42 Å². The van der Waals surface area contributed by atoms with Gasteiger partial charge in [0.2, 0.25) is 0 Å². The second kappa shape index (κ2) is 7.95. The predicted molar refractivity (Wildman–Crippen MR) is 105 cm³/mol. The summed E-state index contributed by atoms with van der Waals surface area (Å²) in [5.41, 5.74) is 4.30. The van der Waals surface area contributed by atoms with Gasteiger partial charge in [0.15, 0.2) is 0 Å². The van der Waals surface area contributed by atoms with E-state index in [2.05, 4.69) is 15.0 Å². The van der Waals surface area contributed by atoms with Crippen molar-refractivity contribution in [1.82, 2.24) is 19.9 Å². The molecule has 1 N–H and O–H groups in total. The van der Waals surface area contributed by atoms with Crippen LogP contribution in [0.5, 0.6) is 0 Å². The quantitative estimate of drug-likeness (QED) is 0.757. The van der Waals surface area contributed by atoms with Crippen molar-refractivity contribution in [3.05, 3.63) is 81.7 Å². The number of aromatic amines is 1. The summed E-state index contributed by atoms with van der Waals surface area (Å²) in [6.45, 7) is 4.51. The van der Waals surface area contributed by atoms with Crippen molar-refractivity contribution in [2.24, 2.45) is 0 Å². The van der Waals surface area contributed by atoms with Crippen LogP contribution >= 0.6 is 0 Å². The molecule has 2 aromatic heterocycles. The van der Waals surface area contributed by atoms with E-state index in [1.165, 1.54) is 0 Å². The van der Waals surface area contributed by atoms with Gasteiger partial charge in [-0.2, -0.15) is 4.98 Å². The smallest absolute Gasteiger partial charge is 0.340 e. The Morgan fingerprint density at radius 3 is 2.56 bits per heavy atom. The number of rotatable bonds is 5.